The second-order valence-corrected chi connectivity index (χ2v) is 5.77. The normalized spacial score (nSPS) is 26.1. The molecule has 3 unspecified atom stereocenters. The van der Waals surface area contributed by atoms with Crippen LogP contribution in [0.4, 0.5) is 17.3 Å². The second-order valence-electron chi connectivity index (χ2n) is 5.77. The van der Waals surface area contributed by atoms with Crippen LogP contribution in [0.1, 0.15) is 33.1 Å². The van der Waals surface area contributed by atoms with Crippen molar-refractivity contribution >= 4 is 12.4 Å². The SMILES string of the molecule is CC1CCC(Oc2ccc([B-](F)(F)F)c(F)c2)CC1C.[K+]. The zero-order chi connectivity index (χ0) is 14.9. The topological polar surface area (TPSA) is 9.23 Å². The standard InChI is InChI=1S/C14H18BF4O.K/c1-9-3-4-11(7-10(9)2)20-12-5-6-13(14(16)8-12)15(17,18)19;/h5-6,8-11H,3-4,7H2,1-2H3;/q-1;+1. The Balaban J connectivity index is 0.00000220. The van der Waals surface area contributed by atoms with Gasteiger partial charge in [0, 0.05) is 6.07 Å². The first kappa shape index (κ1) is 19.5. The molecule has 0 saturated heterocycles. The van der Waals surface area contributed by atoms with Crippen LogP contribution >= 0.6 is 0 Å². The molecule has 1 aliphatic rings. The third kappa shape index (κ3) is 5.23. The van der Waals surface area contributed by atoms with Crippen molar-refractivity contribution in [2.75, 3.05) is 0 Å². The fourth-order valence-electron chi connectivity index (χ4n) is 2.64. The van der Waals surface area contributed by atoms with E-state index in [0.29, 0.717) is 11.8 Å². The van der Waals surface area contributed by atoms with Crippen LogP contribution in [0, 0.1) is 17.7 Å². The van der Waals surface area contributed by atoms with Crippen LogP contribution in [0.3, 0.4) is 0 Å². The smallest absolute Gasteiger partial charge is 0.490 e. The van der Waals surface area contributed by atoms with Gasteiger partial charge in [0.25, 0.3) is 0 Å². The molecule has 0 amide bonds. The molecule has 1 aromatic rings. The molecule has 1 aliphatic carbocycles. The fourth-order valence-corrected chi connectivity index (χ4v) is 2.64. The molecule has 3 atom stereocenters. The fraction of sp³-hybridized carbons (Fsp3) is 0.571. The van der Waals surface area contributed by atoms with E-state index in [2.05, 4.69) is 13.8 Å². The van der Waals surface area contributed by atoms with Gasteiger partial charge < -0.3 is 17.7 Å². The minimum absolute atomic E-state index is 0. The summed E-state index contributed by atoms with van der Waals surface area (Å²) >= 11 is 0. The molecule has 1 aromatic carbocycles. The van der Waals surface area contributed by atoms with Crippen LogP contribution in [0.5, 0.6) is 5.75 Å². The summed E-state index contributed by atoms with van der Waals surface area (Å²) in [6.45, 7) is -0.999. The van der Waals surface area contributed by atoms with Crippen molar-refractivity contribution < 1.29 is 73.5 Å². The van der Waals surface area contributed by atoms with Gasteiger partial charge in [0.1, 0.15) is 5.75 Å². The number of ether oxygens (including phenoxy) is 1. The largest absolute Gasteiger partial charge is 1.00 e. The van der Waals surface area contributed by atoms with Crippen molar-refractivity contribution in [1.29, 1.82) is 0 Å². The van der Waals surface area contributed by atoms with Gasteiger partial charge in [-0.3, -0.25) is 0 Å². The summed E-state index contributed by atoms with van der Waals surface area (Å²) in [5.74, 6) is 0.0588. The molecule has 21 heavy (non-hydrogen) atoms. The van der Waals surface area contributed by atoms with E-state index in [-0.39, 0.29) is 63.2 Å². The maximum Gasteiger partial charge on any atom is 1.00 e. The third-order valence-electron chi connectivity index (χ3n) is 4.18. The summed E-state index contributed by atoms with van der Waals surface area (Å²) in [6.07, 6.45) is 2.70. The first-order valence-electron chi connectivity index (χ1n) is 6.93. The van der Waals surface area contributed by atoms with Crippen molar-refractivity contribution in [2.24, 2.45) is 11.8 Å². The molecular weight excluding hydrogens is 310 g/mol. The average molecular weight is 328 g/mol. The average Bonchev–Trinajstić information content (AvgIpc) is 2.32. The van der Waals surface area contributed by atoms with Crippen molar-refractivity contribution in [3.63, 3.8) is 0 Å². The summed E-state index contributed by atoms with van der Waals surface area (Å²) in [6, 6.07) is 2.81. The molecule has 112 valence electrons. The Hall–Kier alpha value is 0.441. The van der Waals surface area contributed by atoms with Gasteiger partial charge in [-0.2, -0.15) is 0 Å². The van der Waals surface area contributed by atoms with E-state index >= 15 is 0 Å². The van der Waals surface area contributed by atoms with Crippen LogP contribution in [-0.2, 0) is 0 Å². The van der Waals surface area contributed by atoms with Gasteiger partial charge in [-0.25, -0.2) is 4.39 Å². The number of rotatable bonds is 3. The van der Waals surface area contributed by atoms with Gasteiger partial charge in [-0.15, -0.1) is 0 Å². The van der Waals surface area contributed by atoms with E-state index < -0.39 is 18.3 Å². The van der Waals surface area contributed by atoms with Crippen molar-refractivity contribution in [3.05, 3.63) is 24.0 Å². The van der Waals surface area contributed by atoms with Gasteiger partial charge in [0.05, 0.1) is 11.9 Å². The van der Waals surface area contributed by atoms with E-state index in [4.69, 9.17) is 4.74 Å². The monoisotopic (exact) mass is 328 g/mol. The Morgan fingerprint density at radius 3 is 2.29 bits per heavy atom. The minimum atomic E-state index is -5.31. The van der Waals surface area contributed by atoms with Gasteiger partial charge in [0.15, 0.2) is 0 Å². The van der Waals surface area contributed by atoms with E-state index in [0.717, 1.165) is 31.4 Å². The summed E-state index contributed by atoms with van der Waals surface area (Å²) < 4.78 is 56.6. The molecule has 7 heteroatoms. The quantitative estimate of drug-likeness (QED) is 0.596. The van der Waals surface area contributed by atoms with Crippen LogP contribution in [0.15, 0.2) is 18.2 Å². The number of halogens is 4. The number of hydrogen-bond acceptors (Lipinski definition) is 1. The number of hydrogen-bond donors (Lipinski definition) is 0. The van der Waals surface area contributed by atoms with Crippen molar-refractivity contribution in [2.45, 2.75) is 39.2 Å². The summed E-state index contributed by atoms with van der Waals surface area (Å²) in [4.78, 5) is 0. The summed E-state index contributed by atoms with van der Waals surface area (Å²) in [5, 5.41) is 0. The molecule has 0 aromatic heterocycles. The Bertz CT molecular complexity index is 481. The Labute approximate surface area is 165 Å². The van der Waals surface area contributed by atoms with Gasteiger partial charge in [-0.05, 0) is 37.2 Å². The molecule has 0 aliphatic heterocycles. The maximum absolute atomic E-state index is 13.5. The van der Waals surface area contributed by atoms with Crippen LogP contribution in [0.2, 0.25) is 0 Å². The van der Waals surface area contributed by atoms with E-state index in [1.165, 1.54) is 6.07 Å². The van der Waals surface area contributed by atoms with Crippen molar-refractivity contribution in [1.82, 2.24) is 0 Å². The third-order valence-corrected chi connectivity index (χ3v) is 4.18. The van der Waals surface area contributed by atoms with Crippen LogP contribution in [0.25, 0.3) is 0 Å². The van der Waals surface area contributed by atoms with E-state index in [1.807, 2.05) is 0 Å². The Kier molecular flexibility index (Phi) is 7.25. The molecule has 0 heterocycles. The Morgan fingerprint density at radius 1 is 1.10 bits per heavy atom. The van der Waals surface area contributed by atoms with E-state index in [1.54, 1.807) is 0 Å². The Morgan fingerprint density at radius 2 is 1.76 bits per heavy atom. The van der Waals surface area contributed by atoms with Gasteiger partial charge >= 0.3 is 58.4 Å². The molecule has 2 rings (SSSR count). The first-order valence-corrected chi connectivity index (χ1v) is 6.93. The molecule has 0 N–H and O–H groups in total. The first-order chi connectivity index (χ1) is 9.27. The van der Waals surface area contributed by atoms with Gasteiger partial charge in [0.2, 0.25) is 0 Å². The maximum atomic E-state index is 13.5. The van der Waals surface area contributed by atoms with Gasteiger partial charge in [-0.1, -0.05) is 25.4 Å². The van der Waals surface area contributed by atoms with E-state index in [9.17, 15) is 17.3 Å². The van der Waals surface area contributed by atoms with Crippen LogP contribution < -0.4 is 61.6 Å². The molecule has 0 bridgehead atoms. The summed E-state index contributed by atoms with van der Waals surface area (Å²) in [5.41, 5.74) is -1.19. The predicted octanol–water partition coefficient (Wildman–Crippen LogP) is 1.09. The zero-order valence-corrected chi connectivity index (χ0v) is 15.7. The molecule has 0 radical (unpaired) electrons. The molecule has 0 spiro atoms. The molecule has 1 nitrogen and oxygen atoms in total. The zero-order valence-electron chi connectivity index (χ0n) is 12.6. The summed E-state index contributed by atoms with van der Waals surface area (Å²) in [7, 11) is 0. The molecule has 1 saturated carbocycles. The second kappa shape index (κ2) is 7.82. The molecular formula is C14H18BF4KO. The van der Waals surface area contributed by atoms with Crippen LogP contribution in [-0.4, -0.2) is 13.1 Å². The minimum Gasteiger partial charge on any atom is -0.490 e. The predicted molar refractivity (Wildman–Crippen MR) is 71.7 cm³/mol. The number of benzene rings is 1. The van der Waals surface area contributed by atoms with Crippen molar-refractivity contribution in [3.8, 4) is 5.75 Å². The molecule has 1 fully saturated rings.